The van der Waals surface area contributed by atoms with Crippen molar-refractivity contribution in [3.05, 3.63) is 41.5 Å². The lowest BCUT2D eigenvalue weighted by molar-refractivity contribution is -0.138. The van der Waals surface area contributed by atoms with E-state index >= 15 is 0 Å². The van der Waals surface area contributed by atoms with Gasteiger partial charge in [0.15, 0.2) is 0 Å². The Morgan fingerprint density at radius 2 is 1.85 bits per heavy atom. The molecule has 0 saturated carbocycles. The predicted octanol–water partition coefficient (Wildman–Crippen LogP) is 3.44. The van der Waals surface area contributed by atoms with Gasteiger partial charge in [0, 0.05) is 6.54 Å². The Labute approximate surface area is 160 Å². The first-order valence-corrected chi connectivity index (χ1v) is 9.31. The Kier molecular flexibility index (Phi) is 7.16. The van der Waals surface area contributed by atoms with Crippen LogP contribution in [0.2, 0.25) is 0 Å². The highest BCUT2D eigenvalue weighted by Gasteiger charge is 2.36. The molecule has 146 valence electrons. The zero-order valence-electron chi connectivity index (χ0n) is 16.3. The topological polar surface area (TPSA) is 84.5 Å². The van der Waals surface area contributed by atoms with Crippen LogP contribution in [0.15, 0.2) is 35.9 Å². The molecule has 2 amide bonds. The second-order valence-corrected chi connectivity index (χ2v) is 7.23. The van der Waals surface area contributed by atoms with Crippen LogP contribution in [-0.2, 0) is 14.3 Å². The molecule has 1 aromatic rings. The maximum Gasteiger partial charge on any atom is 0.339 e. The summed E-state index contributed by atoms with van der Waals surface area (Å²) in [4.78, 5) is 37.0. The number of esters is 1. The molecular weight excluding hydrogens is 344 g/mol. The second kappa shape index (κ2) is 9.35. The van der Waals surface area contributed by atoms with Gasteiger partial charge in [0.1, 0.15) is 5.41 Å². The summed E-state index contributed by atoms with van der Waals surface area (Å²) in [5.41, 5.74) is 0.664. The maximum absolute atomic E-state index is 12.7. The fraction of sp³-hybridized carbons (Fsp3) is 0.476. The van der Waals surface area contributed by atoms with Gasteiger partial charge < -0.3 is 15.4 Å². The number of rotatable bonds is 7. The van der Waals surface area contributed by atoms with Crippen molar-refractivity contribution in [2.75, 3.05) is 19.0 Å². The van der Waals surface area contributed by atoms with Gasteiger partial charge in [0.05, 0.1) is 18.4 Å². The number of ether oxygens (including phenoxy) is 1. The Hall–Kier alpha value is -2.63. The van der Waals surface area contributed by atoms with Crippen molar-refractivity contribution in [3.63, 3.8) is 0 Å². The molecule has 0 atom stereocenters. The summed E-state index contributed by atoms with van der Waals surface area (Å²) in [5, 5.41) is 5.53. The van der Waals surface area contributed by atoms with E-state index in [1.165, 1.54) is 25.5 Å². The first-order valence-electron chi connectivity index (χ1n) is 9.31. The lowest BCUT2D eigenvalue weighted by Crippen LogP contribution is -2.45. The van der Waals surface area contributed by atoms with E-state index in [1.54, 1.807) is 38.1 Å². The molecule has 0 radical (unpaired) electrons. The number of benzene rings is 1. The van der Waals surface area contributed by atoms with E-state index in [4.69, 9.17) is 4.74 Å². The van der Waals surface area contributed by atoms with Crippen LogP contribution >= 0.6 is 0 Å². The van der Waals surface area contributed by atoms with Crippen molar-refractivity contribution in [2.24, 2.45) is 5.41 Å². The molecule has 6 heteroatoms. The normalized spacial score (nSPS) is 14.1. The zero-order valence-corrected chi connectivity index (χ0v) is 16.3. The van der Waals surface area contributed by atoms with Crippen molar-refractivity contribution in [1.82, 2.24) is 5.32 Å². The molecular formula is C21H28N2O4. The summed E-state index contributed by atoms with van der Waals surface area (Å²) in [5.74, 6) is -1.37. The third-order valence-corrected chi connectivity index (χ3v) is 4.83. The highest BCUT2D eigenvalue weighted by molar-refractivity contribution is 6.11. The van der Waals surface area contributed by atoms with Gasteiger partial charge in [-0.15, -0.1) is 0 Å². The molecule has 6 nitrogen and oxygen atoms in total. The molecule has 27 heavy (non-hydrogen) atoms. The van der Waals surface area contributed by atoms with E-state index in [1.807, 2.05) is 0 Å². The van der Waals surface area contributed by atoms with Crippen LogP contribution in [0.5, 0.6) is 0 Å². The summed E-state index contributed by atoms with van der Waals surface area (Å²) in [6, 6.07) is 6.55. The Morgan fingerprint density at radius 3 is 2.52 bits per heavy atom. The van der Waals surface area contributed by atoms with Gasteiger partial charge in [0.2, 0.25) is 11.8 Å². The van der Waals surface area contributed by atoms with E-state index in [0.29, 0.717) is 12.2 Å². The van der Waals surface area contributed by atoms with Gasteiger partial charge in [0.25, 0.3) is 0 Å². The summed E-state index contributed by atoms with van der Waals surface area (Å²) < 4.78 is 4.73. The van der Waals surface area contributed by atoms with Gasteiger partial charge in [-0.25, -0.2) is 4.79 Å². The largest absolute Gasteiger partial charge is 0.465 e. The molecule has 0 bridgehead atoms. The van der Waals surface area contributed by atoms with Crippen LogP contribution < -0.4 is 10.6 Å². The Bertz CT molecular complexity index is 737. The minimum absolute atomic E-state index is 0.244. The first-order chi connectivity index (χ1) is 12.9. The number of hydrogen-bond acceptors (Lipinski definition) is 4. The first kappa shape index (κ1) is 20.7. The monoisotopic (exact) mass is 372 g/mol. The molecule has 0 unspecified atom stereocenters. The number of amides is 2. The minimum atomic E-state index is -1.27. The van der Waals surface area contributed by atoms with Gasteiger partial charge in [-0.2, -0.15) is 0 Å². The number of carbonyl (C=O) groups excluding carboxylic acids is 3. The molecule has 0 heterocycles. The number of anilines is 1. The van der Waals surface area contributed by atoms with Crippen LogP contribution in [0.4, 0.5) is 5.69 Å². The van der Waals surface area contributed by atoms with E-state index in [9.17, 15) is 14.4 Å². The molecule has 0 spiro atoms. The third-order valence-electron chi connectivity index (χ3n) is 4.83. The van der Waals surface area contributed by atoms with Crippen molar-refractivity contribution < 1.29 is 19.1 Å². The number of hydrogen-bond donors (Lipinski definition) is 2. The SMILES string of the molecule is COC(=O)c1ccccc1NC(=O)C(C)(C)C(=O)NCCC1=CCCCC1. The Morgan fingerprint density at radius 1 is 1.11 bits per heavy atom. The summed E-state index contributed by atoms with van der Waals surface area (Å²) in [6.45, 7) is 3.65. The number of carbonyl (C=O) groups is 3. The molecule has 2 N–H and O–H groups in total. The van der Waals surface area contributed by atoms with Gasteiger partial charge >= 0.3 is 5.97 Å². The van der Waals surface area contributed by atoms with Crippen molar-refractivity contribution >= 4 is 23.5 Å². The van der Waals surface area contributed by atoms with Gasteiger partial charge in [-0.3, -0.25) is 9.59 Å². The smallest absolute Gasteiger partial charge is 0.339 e. The number of allylic oxidation sites excluding steroid dienone is 1. The highest BCUT2D eigenvalue weighted by atomic mass is 16.5. The number of nitrogens with one attached hydrogen (secondary N) is 2. The Balaban J connectivity index is 1.96. The lowest BCUT2D eigenvalue weighted by atomic mass is 9.90. The fourth-order valence-electron chi connectivity index (χ4n) is 2.95. The fourth-order valence-corrected chi connectivity index (χ4v) is 2.95. The standard InChI is InChI=1S/C21H28N2O4/c1-21(2,19(25)22-14-13-15-9-5-4-6-10-15)20(26)23-17-12-8-7-11-16(17)18(24)27-3/h7-9,11-12H,4-6,10,13-14H2,1-3H3,(H,22,25)(H,23,26). The average molecular weight is 372 g/mol. The lowest BCUT2D eigenvalue weighted by Gasteiger charge is -2.23. The van der Waals surface area contributed by atoms with Crippen LogP contribution in [0.3, 0.4) is 0 Å². The number of methoxy groups -OCH3 is 1. The van der Waals surface area contributed by atoms with Crippen LogP contribution in [0.25, 0.3) is 0 Å². The van der Waals surface area contributed by atoms with Crippen LogP contribution in [0, 0.1) is 5.41 Å². The molecule has 0 aliphatic heterocycles. The minimum Gasteiger partial charge on any atom is -0.465 e. The predicted molar refractivity (Wildman–Crippen MR) is 104 cm³/mol. The maximum atomic E-state index is 12.7. The summed E-state index contributed by atoms with van der Waals surface area (Å²) in [6.07, 6.45) is 7.69. The third kappa shape index (κ3) is 5.42. The molecule has 0 aromatic heterocycles. The highest BCUT2D eigenvalue weighted by Crippen LogP contribution is 2.23. The molecule has 0 saturated heterocycles. The molecule has 0 fully saturated rings. The van der Waals surface area contributed by atoms with Gasteiger partial charge in [-0.05, 0) is 58.1 Å². The van der Waals surface area contributed by atoms with E-state index in [0.717, 1.165) is 19.3 Å². The van der Waals surface area contributed by atoms with Crippen LogP contribution in [-0.4, -0.2) is 31.4 Å². The number of para-hydroxylation sites is 1. The quantitative estimate of drug-likeness (QED) is 0.436. The molecule has 2 rings (SSSR count). The van der Waals surface area contributed by atoms with Crippen LogP contribution in [0.1, 0.15) is 56.3 Å². The van der Waals surface area contributed by atoms with E-state index in [2.05, 4.69) is 16.7 Å². The molecule has 1 aliphatic rings. The van der Waals surface area contributed by atoms with Crippen molar-refractivity contribution in [1.29, 1.82) is 0 Å². The van der Waals surface area contributed by atoms with Crippen molar-refractivity contribution in [3.8, 4) is 0 Å². The zero-order chi connectivity index (χ0) is 19.9. The van der Waals surface area contributed by atoms with Crippen molar-refractivity contribution in [2.45, 2.75) is 46.0 Å². The summed E-state index contributed by atoms with van der Waals surface area (Å²) >= 11 is 0. The molecule has 1 aliphatic carbocycles. The summed E-state index contributed by atoms with van der Waals surface area (Å²) in [7, 11) is 1.28. The second-order valence-electron chi connectivity index (χ2n) is 7.23. The van der Waals surface area contributed by atoms with Gasteiger partial charge in [-0.1, -0.05) is 23.8 Å². The van der Waals surface area contributed by atoms with E-state index in [-0.39, 0.29) is 11.5 Å². The van der Waals surface area contributed by atoms with E-state index < -0.39 is 17.3 Å². The molecule has 1 aromatic carbocycles. The average Bonchev–Trinajstić information content (AvgIpc) is 2.68.